The van der Waals surface area contributed by atoms with Crippen molar-refractivity contribution in [2.45, 2.75) is 51.7 Å². The number of hydrogen-bond acceptors (Lipinski definition) is 5. The number of amides is 1. The van der Waals surface area contributed by atoms with E-state index in [0.717, 1.165) is 29.4 Å². The zero-order chi connectivity index (χ0) is 18.0. The fourth-order valence-corrected chi connectivity index (χ4v) is 3.19. The number of aromatic nitrogens is 4. The number of carbonyl (C=O) groups excluding carboxylic acids is 1. The molecule has 7 nitrogen and oxygen atoms in total. The van der Waals surface area contributed by atoms with Crippen LogP contribution in [0.15, 0.2) is 28.7 Å². The third-order valence-corrected chi connectivity index (χ3v) is 4.39. The third-order valence-electron chi connectivity index (χ3n) is 3.90. The fraction of sp³-hybridized carbons (Fsp3) is 0.529. The summed E-state index contributed by atoms with van der Waals surface area (Å²) in [6, 6.07) is 7.47. The van der Waals surface area contributed by atoms with Crippen LogP contribution in [0.3, 0.4) is 0 Å². The maximum Gasteiger partial charge on any atom is 0.410 e. The van der Waals surface area contributed by atoms with E-state index in [2.05, 4.69) is 31.3 Å². The van der Waals surface area contributed by atoms with E-state index in [1.165, 1.54) is 4.80 Å². The molecule has 1 aromatic heterocycles. The van der Waals surface area contributed by atoms with Gasteiger partial charge in [-0.25, -0.2) is 4.79 Å². The van der Waals surface area contributed by atoms with Gasteiger partial charge < -0.3 is 4.74 Å². The number of benzene rings is 1. The lowest BCUT2D eigenvalue weighted by atomic mass is 10.0. The van der Waals surface area contributed by atoms with Gasteiger partial charge in [-0.2, -0.15) is 0 Å². The first kappa shape index (κ1) is 17.8. The summed E-state index contributed by atoms with van der Waals surface area (Å²) in [6.07, 6.45) is 2.46. The van der Waals surface area contributed by atoms with Crippen LogP contribution in [0.4, 0.5) is 4.79 Å². The van der Waals surface area contributed by atoms with Gasteiger partial charge >= 0.3 is 6.09 Å². The molecule has 1 amide bonds. The first-order valence-electron chi connectivity index (χ1n) is 8.39. The number of carbonyl (C=O) groups is 1. The Kier molecular flexibility index (Phi) is 5.08. The predicted molar refractivity (Wildman–Crippen MR) is 96.4 cm³/mol. The molecule has 0 saturated carbocycles. The Morgan fingerprint density at radius 3 is 2.84 bits per heavy atom. The first-order valence-corrected chi connectivity index (χ1v) is 9.18. The molecule has 1 saturated heterocycles. The molecule has 0 spiro atoms. The van der Waals surface area contributed by atoms with Gasteiger partial charge in [0.2, 0.25) is 0 Å². The van der Waals surface area contributed by atoms with Crippen LogP contribution in [0.2, 0.25) is 0 Å². The van der Waals surface area contributed by atoms with E-state index < -0.39 is 5.60 Å². The van der Waals surface area contributed by atoms with Crippen molar-refractivity contribution in [3.63, 3.8) is 0 Å². The molecule has 1 unspecified atom stereocenters. The van der Waals surface area contributed by atoms with E-state index in [1.54, 1.807) is 4.90 Å². The summed E-state index contributed by atoms with van der Waals surface area (Å²) >= 11 is 3.44. The van der Waals surface area contributed by atoms with Crippen molar-refractivity contribution >= 4 is 22.0 Å². The minimum absolute atomic E-state index is 0.204. The van der Waals surface area contributed by atoms with Gasteiger partial charge in [0.1, 0.15) is 5.60 Å². The molecule has 1 atom stereocenters. The molecular formula is C17H22BrN5O2. The van der Waals surface area contributed by atoms with E-state index >= 15 is 0 Å². The molecule has 134 valence electrons. The van der Waals surface area contributed by atoms with Crippen molar-refractivity contribution in [3.8, 4) is 5.69 Å². The highest BCUT2D eigenvalue weighted by atomic mass is 79.9. The van der Waals surface area contributed by atoms with Crippen LogP contribution in [-0.2, 0) is 4.74 Å². The molecule has 0 aliphatic carbocycles. The SMILES string of the molecule is CC(C)(C)OC(=O)N1CCCCC1c1nnn(-c2cccc(Br)c2)n1. The van der Waals surface area contributed by atoms with Gasteiger partial charge in [0.25, 0.3) is 0 Å². The summed E-state index contributed by atoms with van der Waals surface area (Å²) in [4.78, 5) is 15.7. The number of tetrazole rings is 1. The molecule has 0 bridgehead atoms. The normalized spacial score (nSPS) is 18.2. The number of nitrogens with zero attached hydrogens (tertiary/aromatic N) is 5. The quantitative estimate of drug-likeness (QED) is 0.754. The average molecular weight is 408 g/mol. The fourth-order valence-electron chi connectivity index (χ4n) is 2.81. The number of halogens is 1. The Morgan fingerprint density at radius 2 is 2.12 bits per heavy atom. The number of ether oxygens (including phenoxy) is 1. The van der Waals surface area contributed by atoms with Crippen LogP contribution in [-0.4, -0.2) is 43.3 Å². The maximum atomic E-state index is 12.5. The second-order valence-electron chi connectivity index (χ2n) is 7.10. The molecule has 1 aliphatic rings. The molecular weight excluding hydrogens is 386 g/mol. The van der Waals surface area contributed by atoms with Crippen molar-refractivity contribution in [1.82, 2.24) is 25.1 Å². The summed E-state index contributed by atoms with van der Waals surface area (Å²) in [7, 11) is 0. The topological polar surface area (TPSA) is 73.1 Å². The lowest BCUT2D eigenvalue weighted by molar-refractivity contribution is 0.00843. The molecule has 2 aromatic rings. The van der Waals surface area contributed by atoms with Gasteiger partial charge in [-0.3, -0.25) is 4.90 Å². The number of piperidine rings is 1. The summed E-state index contributed by atoms with van der Waals surface area (Å²) in [5.41, 5.74) is 0.285. The van der Waals surface area contributed by atoms with Crippen molar-refractivity contribution in [3.05, 3.63) is 34.6 Å². The van der Waals surface area contributed by atoms with Crippen molar-refractivity contribution in [1.29, 1.82) is 0 Å². The van der Waals surface area contributed by atoms with Gasteiger partial charge in [0.15, 0.2) is 5.82 Å². The number of likely N-dealkylation sites (tertiary alicyclic amines) is 1. The first-order chi connectivity index (χ1) is 11.8. The largest absolute Gasteiger partial charge is 0.444 e. The minimum Gasteiger partial charge on any atom is -0.444 e. The molecule has 8 heteroatoms. The van der Waals surface area contributed by atoms with Gasteiger partial charge in [0, 0.05) is 11.0 Å². The second-order valence-corrected chi connectivity index (χ2v) is 8.02. The van der Waals surface area contributed by atoms with Crippen LogP contribution in [0.1, 0.15) is 51.9 Å². The Labute approximate surface area is 155 Å². The average Bonchev–Trinajstić information content (AvgIpc) is 3.03. The zero-order valence-corrected chi connectivity index (χ0v) is 16.2. The summed E-state index contributed by atoms with van der Waals surface area (Å²) in [5.74, 6) is 0.547. The summed E-state index contributed by atoms with van der Waals surface area (Å²) in [6.45, 7) is 6.24. The van der Waals surface area contributed by atoms with Gasteiger partial charge in [-0.1, -0.05) is 22.0 Å². The van der Waals surface area contributed by atoms with Crippen molar-refractivity contribution in [2.24, 2.45) is 0 Å². The van der Waals surface area contributed by atoms with E-state index in [0.29, 0.717) is 12.4 Å². The second kappa shape index (κ2) is 7.11. The van der Waals surface area contributed by atoms with E-state index in [4.69, 9.17) is 4.74 Å². The van der Waals surface area contributed by atoms with Gasteiger partial charge in [-0.05, 0) is 63.4 Å². The minimum atomic E-state index is -0.527. The molecule has 3 rings (SSSR count). The molecule has 0 N–H and O–H groups in total. The van der Waals surface area contributed by atoms with Crippen molar-refractivity contribution < 1.29 is 9.53 Å². The van der Waals surface area contributed by atoms with Crippen molar-refractivity contribution in [2.75, 3.05) is 6.54 Å². The van der Waals surface area contributed by atoms with Gasteiger partial charge in [-0.15, -0.1) is 15.0 Å². The Bertz CT molecular complexity index is 755. The Balaban J connectivity index is 1.82. The lowest BCUT2D eigenvalue weighted by Crippen LogP contribution is -2.42. The highest BCUT2D eigenvalue weighted by Crippen LogP contribution is 2.30. The lowest BCUT2D eigenvalue weighted by Gasteiger charge is -2.35. The summed E-state index contributed by atoms with van der Waals surface area (Å²) < 4.78 is 6.48. The van der Waals surface area contributed by atoms with Crippen LogP contribution in [0.5, 0.6) is 0 Å². The smallest absolute Gasteiger partial charge is 0.410 e. The highest BCUT2D eigenvalue weighted by Gasteiger charge is 2.34. The predicted octanol–water partition coefficient (Wildman–Crippen LogP) is 3.89. The molecule has 2 heterocycles. The third kappa shape index (κ3) is 4.36. The van der Waals surface area contributed by atoms with Crippen LogP contribution >= 0.6 is 15.9 Å². The number of hydrogen-bond donors (Lipinski definition) is 0. The Hall–Kier alpha value is -1.96. The van der Waals surface area contributed by atoms with Crippen LogP contribution < -0.4 is 0 Å². The standard InChI is InChI=1S/C17H22BrN5O2/c1-17(2,3)25-16(24)22-10-5-4-9-14(22)15-19-21-23(20-15)13-8-6-7-12(18)11-13/h6-8,11,14H,4-5,9-10H2,1-3H3. The molecule has 0 radical (unpaired) electrons. The molecule has 25 heavy (non-hydrogen) atoms. The van der Waals surface area contributed by atoms with Crippen LogP contribution in [0, 0.1) is 0 Å². The van der Waals surface area contributed by atoms with E-state index in [9.17, 15) is 4.79 Å². The van der Waals surface area contributed by atoms with E-state index in [-0.39, 0.29) is 12.1 Å². The maximum absolute atomic E-state index is 12.5. The zero-order valence-electron chi connectivity index (χ0n) is 14.6. The van der Waals surface area contributed by atoms with Gasteiger partial charge in [0.05, 0.1) is 11.7 Å². The monoisotopic (exact) mass is 407 g/mol. The van der Waals surface area contributed by atoms with Crippen LogP contribution in [0.25, 0.3) is 5.69 Å². The molecule has 1 aromatic carbocycles. The molecule has 1 fully saturated rings. The van der Waals surface area contributed by atoms with E-state index in [1.807, 2.05) is 45.0 Å². The summed E-state index contributed by atoms with van der Waals surface area (Å²) in [5, 5.41) is 12.8. The Morgan fingerprint density at radius 1 is 1.32 bits per heavy atom. The highest BCUT2D eigenvalue weighted by molar-refractivity contribution is 9.10. The molecule has 1 aliphatic heterocycles. The number of rotatable bonds is 2.